The number of aryl methyl sites for hydroxylation is 1. The average Bonchev–Trinajstić information content (AvgIpc) is 2.69. The smallest absolute Gasteiger partial charge is 0.326 e. The number of hydrogen-bond donors (Lipinski definition) is 2. The number of nitrogens with one attached hydrogen (secondary N) is 2. The molecule has 2 rings (SSSR count). The molecule has 0 bridgehead atoms. The summed E-state index contributed by atoms with van der Waals surface area (Å²) in [5, 5.41) is 4.58. The molecule has 1 heterocycles. The summed E-state index contributed by atoms with van der Waals surface area (Å²) in [6, 6.07) is 3.04. The second-order valence-corrected chi connectivity index (χ2v) is 4.03. The Morgan fingerprint density at radius 2 is 1.68 bits per heavy atom. The average molecular weight is 262 g/mol. The van der Waals surface area contributed by atoms with Crippen molar-refractivity contribution in [3.63, 3.8) is 0 Å². The maximum absolute atomic E-state index is 11.5. The minimum absolute atomic E-state index is 0.209. The van der Waals surface area contributed by atoms with Crippen LogP contribution in [0.3, 0.4) is 0 Å². The van der Waals surface area contributed by atoms with Gasteiger partial charge >= 0.3 is 6.03 Å². The number of benzene rings is 1. The van der Waals surface area contributed by atoms with Crippen LogP contribution in [0.2, 0.25) is 0 Å². The van der Waals surface area contributed by atoms with Crippen molar-refractivity contribution < 1.29 is 19.1 Å². The summed E-state index contributed by atoms with van der Waals surface area (Å²) in [6.07, 6.45) is 1.59. The van der Waals surface area contributed by atoms with Gasteiger partial charge in [-0.2, -0.15) is 0 Å². The second kappa shape index (κ2) is 5.01. The lowest BCUT2D eigenvalue weighted by Crippen LogP contribution is -2.22. The van der Waals surface area contributed by atoms with Crippen LogP contribution in [-0.2, 0) is 4.79 Å². The number of ether oxygens (including phenoxy) is 2. The predicted octanol–water partition coefficient (Wildman–Crippen LogP) is 1.19. The van der Waals surface area contributed by atoms with Crippen LogP contribution in [0.5, 0.6) is 11.5 Å². The molecule has 1 aromatic rings. The van der Waals surface area contributed by atoms with Gasteiger partial charge in [0.15, 0.2) is 11.5 Å². The molecule has 1 saturated heterocycles. The Morgan fingerprint density at radius 3 is 2.21 bits per heavy atom. The highest BCUT2D eigenvalue weighted by atomic mass is 16.5. The van der Waals surface area contributed by atoms with Crippen LogP contribution >= 0.6 is 0 Å². The van der Waals surface area contributed by atoms with Gasteiger partial charge in [-0.1, -0.05) is 0 Å². The van der Waals surface area contributed by atoms with E-state index in [1.807, 2.05) is 6.92 Å². The highest BCUT2D eigenvalue weighted by Crippen LogP contribution is 2.31. The Kier molecular flexibility index (Phi) is 3.41. The molecule has 1 aliphatic rings. The van der Waals surface area contributed by atoms with Gasteiger partial charge in [-0.3, -0.25) is 10.1 Å². The zero-order chi connectivity index (χ0) is 14.0. The molecule has 0 saturated carbocycles. The van der Waals surface area contributed by atoms with Crippen LogP contribution in [0, 0.1) is 6.92 Å². The van der Waals surface area contributed by atoms with E-state index in [1.54, 1.807) is 25.3 Å². The molecule has 0 aromatic heterocycles. The van der Waals surface area contributed by atoms with Crippen LogP contribution in [0.15, 0.2) is 17.8 Å². The van der Waals surface area contributed by atoms with E-state index >= 15 is 0 Å². The number of urea groups is 1. The van der Waals surface area contributed by atoms with E-state index in [-0.39, 0.29) is 5.70 Å². The van der Waals surface area contributed by atoms with Gasteiger partial charge in [-0.15, -0.1) is 0 Å². The third kappa shape index (κ3) is 2.52. The van der Waals surface area contributed by atoms with Gasteiger partial charge in [0.05, 0.1) is 14.2 Å². The molecule has 1 fully saturated rings. The van der Waals surface area contributed by atoms with Crippen molar-refractivity contribution in [3.8, 4) is 11.5 Å². The van der Waals surface area contributed by atoms with Crippen LogP contribution in [-0.4, -0.2) is 26.2 Å². The molecule has 0 radical (unpaired) electrons. The van der Waals surface area contributed by atoms with Crippen molar-refractivity contribution in [1.82, 2.24) is 10.6 Å². The molecule has 3 amide bonds. The van der Waals surface area contributed by atoms with Gasteiger partial charge in [0.1, 0.15) is 5.70 Å². The summed E-state index contributed by atoms with van der Waals surface area (Å²) in [4.78, 5) is 22.5. The van der Waals surface area contributed by atoms with E-state index in [9.17, 15) is 9.59 Å². The van der Waals surface area contributed by atoms with Crippen molar-refractivity contribution >= 4 is 18.0 Å². The summed E-state index contributed by atoms with van der Waals surface area (Å²) in [5.41, 5.74) is 1.88. The Bertz CT molecular complexity index is 578. The van der Waals surface area contributed by atoms with Crippen molar-refractivity contribution in [2.24, 2.45) is 0 Å². The second-order valence-electron chi connectivity index (χ2n) is 4.03. The largest absolute Gasteiger partial charge is 0.493 e. The summed E-state index contributed by atoms with van der Waals surface area (Å²) in [6.45, 7) is 1.88. The van der Waals surface area contributed by atoms with Crippen molar-refractivity contribution in [1.29, 1.82) is 0 Å². The van der Waals surface area contributed by atoms with E-state index < -0.39 is 11.9 Å². The Hall–Kier alpha value is -2.50. The van der Waals surface area contributed by atoms with E-state index in [1.165, 1.54) is 7.11 Å². The standard InChI is InChI=1S/C13H14N2O4/c1-7-4-10(18-2)11(19-3)6-8(7)5-9-12(16)15-13(17)14-9/h4-6H,1-3H3,(H2,14,15,16,17)/b9-5-. The summed E-state index contributed by atoms with van der Waals surface area (Å²) < 4.78 is 10.4. The highest BCUT2D eigenvalue weighted by Gasteiger charge is 2.23. The first-order valence-electron chi connectivity index (χ1n) is 5.62. The van der Waals surface area contributed by atoms with Crippen molar-refractivity contribution in [3.05, 3.63) is 29.0 Å². The molecule has 6 nitrogen and oxygen atoms in total. The molecule has 19 heavy (non-hydrogen) atoms. The topological polar surface area (TPSA) is 76.7 Å². The van der Waals surface area contributed by atoms with Gasteiger partial charge in [0, 0.05) is 0 Å². The quantitative estimate of drug-likeness (QED) is 0.633. The van der Waals surface area contributed by atoms with Crippen LogP contribution in [0.25, 0.3) is 6.08 Å². The van der Waals surface area contributed by atoms with Gasteiger partial charge in [0.25, 0.3) is 5.91 Å². The first-order valence-corrected chi connectivity index (χ1v) is 5.62. The fraction of sp³-hybridized carbons (Fsp3) is 0.231. The van der Waals surface area contributed by atoms with Gasteiger partial charge in [0.2, 0.25) is 0 Å². The molecular weight excluding hydrogens is 248 g/mol. The summed E-state index contributed by atoms with van der Waals surface area (Å²) in [7, 11) is 3.09. The van der Waals surface area contributed by atoms with Crippen LogP contribution < -0.4 is 20.1 Å². The SMILES string of the molecule is COc1cc(C)c(/C=C2\NC(=O)NC2=O)cc1OC. The lowest BCUT2D eigenvalue weighted by molar-refractivity contribution is -0.115. The minimum Gasteiger partial charge on any atom is -0.493 e. The Labute approximate surface area is 110 Å². The van der Waals surface area contributed by atoms with Gasteiger partial charge in [-0.25, -0.2) is 4.79 Å². The lowest BCUT2D eigenvalue weighted by Gasteiger charge is -2.10. The molecule has 0 unspecified atom stereocenters. The first kappa shape index (κ1) is 12.9. The van der Waals surface area contributed by atoms with Gasteiger partial charge < -0.3 is 14.8 Å². The molecule has 6 heteroatoms. The molecule has 2 N–H and O–H groups in total. The number of amides is 3. The maximum atomic E-state index is 11.5. The molecule has 100 valence electrons. The third-order valence-corrected chi connectivity index (χ3v) is 2.79. The number of rotatable bonds is 3. The summed E-state index contributed by atoms with van der Waals surface area (Å²) in [5.74, 6) is 0.728. The monoisotopic (exact) mass is 262 g/mol. The fourth-order valence-electron chi connectivity index (χ4n) is 1.79. The van der Waals surface area contributed by atoms with Crippen molar-refractivity contribution in [2.75, 3.05) is 14.2 Å². The van der Waals surface area contributed by atoms with Crippen LogP contribution in [0.4, 0.5) is 4.79 Å². The molecule has 0 atom stereocenters. The molecular formula is C13H14N2O4. The minimum atomic E-state index is -0.519. The molecule has 1 aromatic carbocycles. The molecule has 1 aliphatic heterocycles. The third-order valence-electron chi connectivity index (χ3n) is 2.79. The number of carbonyl (C=O) groups excluding carboxylic acids is 2. The van der Waals surface area contributed by atoms with E-state index in [0.29, 0.717) is 11.5 Å². The Morgan fingerprint density at radius 1 is 1.05 bits per heavy atom. The summed E-state index contributed by atoms with van der Waals surface area (Å²) >= 11 is 0. The highest BCUT2D eigenvalue weighted by molar-refractivity contribution is 6.14. The number of methoxy groups -OCH3 is 2. The first-order chi connectivity index (χ1) is 9.05. The maximum Gasteiger partial charge on any atom is 0.326 e. The van der Waals surface area contributed by atoms with E-state index in [2.05, 4.69) is 10.6 Å². The van der Waals surface area contributed by atoms with Crippen LogP contribution in [0.1, 0.15) is 11.1 Å². The number of carbonyl (C=O) groups is 2. The normalized spacial score (nSPS) is 16.3. The molecule has 0 spiro atoms. The lowest BCUT2D eigenvalue weighted by atomic mass is 10.1. The van der Waals surface area contributed by atoms with Crippen molar-refractivity contribution in [2.45, 2.75) is 6.92 Å². The van der Waals surface area contributed by atoms with Gasteiger partial charge in [-0.05, 0) is 36.3 Å². The number of hydrogen-bond acceptors (Lipinski definition) is 4. The zero-order valence-electron chi connectivity index (χ0n) is 10.9. The predicted molar refractivity (Wildman–Crippen MR) is 68.9 cm³/mol. The number of imide groups is 1. The Balaban J connectivity index is 2.43. The van der Waals surface area contributed by atoms with E-state index in [4.69, 9.17) is 9.47 Å². The zero-order valence-corrected chi connectivity index (χ0v) is 10.9. The fourth-order valence-corrected chi connectivity index (χ4v) is 1.79. The molecule has 0 aliphatic carbocycles. The van der Waals surface area contributed by atoms with E-state index in [0.717, 1.165) is 11.1 Å².